The second-order valence-electron chi connectivity index (χ2n) is 6.15. The van der Waals surface area contributed by atoms with Gasteiger partial charge in [0, 0.05) is 5.56 Å². The molecule has 0 aliphatic heterocycles. The Bertz CT molecular complexity index is 1290. The number of benzene rings is 3. The molecule has 138 valence electrons. The number of carbonyl (C=O) groups is 1. The lowest BCUT2D eigenvalue weighted by molar-refractivity contribution is 0.0999. The minimum Gasteiger partial charge on any atom is -0.492 e. The van der Waals surface area contributed by atoms with E-state index in [1.807, 2.05) is 66.1 Å². The predicted octanol–water partition coefficient (Wildman–Crippen LogP) is 4.63. The molecule has 0 N–H and O–H groups in total. The van der Waals surface area contributed by atoms with Crippen molar-refractivity contribution in [3.63, 3.8) is 0 Å². The van der Waals surface area contributed by atoms with E-state index in [1.54, 1.807) is 6.07 Å². The largest absolute Gasteiger partial charge is 0.492 e. The Balaban J connectivity index is 1.92. The van der Waals surface area contributed by atoms with Crippen LogP contribution in [0.1, 0.15) is 17.3 Å². The topological polar surface area (TPSA) is 43.6 Å². The van der Waals surface area contributed by atoms with Crippen molar-refractivity contribution in [2.24, 2.45) is 4.99 Å². The number of hydrogen-bond acceptors (Lipinski definition) is 3. The van der Waals surface area contributed by atoms with Crippen molar-refractivity contribution in [1.29, 1.82) is 0 Å². The average molecular weight is 386 g/mol. The number of fused-ring (bicyclic) bond motifs is 2. The molecular weight excluding hydrogens is 368 g/mol. The highest BCUT2D eigenvalue weighted by Gasteiger charge is 2.14. The van der Waals surface area contributed by atoms with Crippen molar-refractivity contribution in [2.75, 3.05) is 6.61 Å². The fraction of sp³-hybridized carbons (Fsp3) is 0.130. The molecule has 0 saturated carbocycles. The van der Waals surface area contributed by atoms with Gasteiger partial charge in [-0.2, -0.15) is 4.99 Å². The molecule has 0 spiro atoms. The number of carbonyl (C=O) groups excluding carboxylic acids is 1. The van der Waals surface area contributed by atoms with Crippen LogP contribution in [0.2, 0.25) is 0 Å². The fourth-order valence-electron chi connectivity index (χ4n) is 3.25. The zero-order valence-corrected chi connectivity index (χ0v) is 16.2. The normalized spacial score (nSPS) is 11.6. The van der Waals surface area contributed by atoms with E-state index in [9.17, 15) is 4.79 Å². The van der Waals surface area contributed by atoms with Crippen LogP contribution in [-0.2, 0) is 6.54 Å². The van der Waals surface area contributed by atoms with E-state index in [0.717, 1.165) is 26.7 Å². The van der Waals surface area contributed by atoms with Crippen LogP contribution in [0, 0.1) is 12.3 Å². The quantitative estimate of drug-likeness (QED) is 0.480. The molecule has 0 radical (unpaired) electrons. The Kier molecular flexibility index (Phi) is 4.96. The van der Waals surface area contributed by atoms with Gasteiger partial charge in [0.15, 0.2) is 4.80 Å². The molecule has 5 heteroatoms. The Morgan fingerprint density at radius 2 is 1.93 bits per heavy atom. The number of hydrogen-bond donors (Lipinski definition) is 0. The maximum atomic E-state index is 13.0. The summed E-state index contributed by atoms with van der Waals surface area (Å²) in [4.78, 5) is 18.0. The molecule has 1 aromatic heterocycles. The summed E-state index contributed by atoms with van der Waals surface area (Å²) >= 11 is 1.43. The molecule has 3 aromatic carbocycles. The van der Waals surface area contributed by atoms with Gasteiger partial charge in [-0.3, -0.25) is 4.79 Å². The molecule has 0 atom stereocenters. The maximum absolute atomic E-state index is 13.0. The summed E-state index contributed by atoms with van der Waals surface area (Å²) in [5.74, 6) is 3.11. The summed E-state index contributed by atoms with van der Waals surface area (Å²) in [5, 5.41) is 1.90. The Morgan fingerprint density at radius 3 is 2.75 bits per heavy atom. The van der Waals surface area contributed by atoms with Crippen LogP contribution in [0.15, 0.2) is 65.7 Å². The van der Waals surface area contributed by atoms with Crippen LogP contribution in [-0.4, -0.2) is 17.1 Å². The fourth-order valence-corrected chi connectivity index (χ4v) is 4.30. The average Bonchev–Trinajstić information content (AvgIpc) is 3.06. The number of thiazole rings is 1. The molecule has 28 heavy (non-hydrogen) atoms. The first-order valence-corrected chi connectivity index (χ1v) is 9.80. The van der Waals surface area contributed by atoms with Crippen LogP contribution >= 0.6 is 11.3 Å². The number of amides is 1. The van der Waals surface area contributed by atoms with Gasteiger partial charge >= 0.3 is 0 Å². The van der Waals surface area contributed by atoms with E-state index in [0.29, 0.717) is 23.5 Å². The number of nitrogens with zero attached hydrogens (tertiary/aromatic N) is 2. The van der Waals surface area contributed by atoms with Crippen molar-refractivity contribution in [2.45, 2.75) is 13.5 Å². The number of para-hydroxylation sites is 1. The lowest BCUT2D eigenvalue weighted by atomic mass is 10.0. The van der Waals surface area contributed by atoms with E-state index in [1.165, 1.54) is 11.3 Å². The zero-order chi connectivity index (χ0) is 19.5. The van der Waals surface area contributed by atoms with Crippen LogP contribution in [0.5, 0.6) is 5.75 Å². The SMILES string of the molecule is C#CCn1c(=NC(=O)c2cccc3ccccc23)sc2cccc(OCC)c21. The van der Waals surface area contributed by atoms with Crippen molar-refractivity contribution >= 4 is 38.2 Å². The summed E-state index contributed by atoms with van der Waals surface area (Å²) in [6.07, 6.45) is 5.59. The molecule has 0 fully saturated rings. The highest BCUT2D eigenvalue weighted by Crippen LogP contribution is 2.28. The van der Waals surface area contributed by atoms with E-state index in [-0.39, 0.29) is 5.91 Å². The van der Waals surface area contributed by atoms with E-state index in [2.05, 4.69) is 10.9 Å². The van der Waals surface area contributed by atoms with Crippen LogP contribution in [0.4, 0.5) is 0 Å². The first-order chi connectivity index (χ1) is 13.7. The van der Waals surface area contributed by atoms with E-state index >= 15 is 0 Å². The molecule has 0 bridgehead atoms. The van der Waals surface area contributed by atoms with Crippen LogP contribution in [0.25, 0.3) is 21.0 Å². The maximum Gasteiger partial charge on any atom is 0.280 e. The molecule has 0 aliphatic rings. The summed E-state index contributed by atoms with van der Waals surface area (Å²) in [6, 6.07) is 19.3. The van der Waals surface area contributed by atoms with Gasteiger partial charge in [0.1, 0.15) is 11.3 Å². The number of rotatable bonds is 4. The Morgan fingerprint density at radius 1 is 1.14 bits per heavy atom. The second kappa shape index (κ2) is 7.71. The van der Waals surface area contributed by atoms with Crippen LogP contribution < -0.4 is 9.54 Å². The highest BCUT2D eigenvalue weighted by atomic mass is 32.1. The second-order valence-corrected chi connectivity index (χ2v) is 7.16. The highest BCUT2D eigenvalue weighted by molar-refractivity contribution is 7.16. The van der Waals surface area contributed by atoms with Gasteiger partial charge in [0.05, 0.1) is 17.9 Å². The first kappa shape index (κ1) is 18.0. The minimum atomic E-state index is -0.285. The summed E-state index contributed by atoms with van der Waals surface area (Å²) in [6.45, 7) is 2.80. The van der Waals surface area contributed by atoms with Gasteiger partial charge in [-0.05, 0) is 35.9 Å². The van der Waals surface area contributed by atoms with Crippen LogP contribution in [0.3, 0.4) is 0 Å². The van der Waals surface area contributed by atoms with Crippen molar-refractivity contribution < 1.29 is 9.53 Å². The molecule has 1 heterocycles. The third kappa shape index (κ3) is 3.19. The minimum absolute atomic E-state index is 0.285. The smallest absolute Gasteiger partial charge is 0.280 e. The standard InChI is InChI=1S/C23H18N2O2S/c1-3-15-25-21-19(27-4-2)13-8-14-20(21)28-23(25)24-22(26)18-12-7-10-16-9-5-6-11-17(16)18/h1,5-14H,4,15H2,2H3. The van der Waals surface area contributed by atoms with Gasteiger partial charge < -0.3 is 9.30 Å². The van der Waals surface area contributed by atoms with Gasteiger partial charge in [0.2, 0.25) is 0 Å². The Hall–Kier alpha value is -3.36. The molecular formula is C23H18N2O2S. The molecule has 0 unspecified atom stereocenters. The summed E-state index contributed by atoms with van der Waals surface area (Å²) < 4.78 is 8.60. The molecule has 0 aliphatic carbocycles. The molecule has 4 nitrogen and oxygen atoms in total. The van der Waals surface area contributed by atoms with Crippen molar-refractivity contribution in [1.82, 2.24) is 4.57 Å². The predicted molar refractivity (Wildman–Crippen MR) is 114 cm³/mol. The lowest BCUT2D eigenvalue weighted by Gasteiger charge is -2.07. The molecule has 1 amide bonds. The number of terminal acetylenes is 1. The summed E-state index contributed by atoms with van der Waals surface area (Å²) in [7, 11) is 0. The zero-order valence-electron chi connectivity index (χ0n) is 15.4. The third-order valence-corrected chi connectivity index (χ3v) is 5.47. The number of ether oxygens (including phenoxy) is 1. The molecule has 4 rings (SSSR count). The number of aromatic nitrogens is 1. The van der Waals surface area contributed by atoms with E-state index < -0.39 is 0 Å². The van der Waals surface area contributed by atoms with Gasteiger partial charge in [-0.1, -0.05) is 59.7 Å². The lowest BCUT2D eigenvalue weighted by Crippen LogP contribution is -2.17. The summed E-state index contributed by atoms with van der Waals surface area (Å²) in [5.41, 5.74) is 1.45. The van der Waals surface area contributed by atoms with Gasteiger partial charge in [0.25, 0.3) is 5.91 Å². The van der Waals surface area contributed by atoms with Gasteiger partial charge in [-0.25, -0.2) is 0 Å². The molecule has 4 aromatic rings. The monoisotopic (exact) mass is 386 g/mol. The van der Waals surface area contributed by atoms with Crippen molar-refractivity contribution in [3.8, 4) is 18.1 Å². The van der Waals surface area contributed by atoms with E-state index in [4.69, 9.17) is 11.2 Å². The Labute approximate surface area is 166 Å². The first-order valence-electron chi connectivity index (χ1n) is 8.98. The molecule has 0 saturated heterocycles. The third-order valence-electron chi connectivity index (χ3n) is 4.43. The van der Waals surface area contributed by atoms with Gasteiger partial charge in [-0.15, -0.1) is 6.42 Å². The van der Waals surface area contributed by atoms with Crippen molar-refractivity contribution in [3.05, 3.63) is 71.0 Å².